The van der Waals surface area contributed by atoms with Gasteiger partial charge < -0.3 is 5.11 Å². The van der Waals surface area contributed by atoms with Crippen molar-refractivity contribution in [3.63, 3.8) is 0 Å². The van der Waals surface area contributed by atoms with E-state index in [0.717, 1.165) is 0 Å². The molecule has 2 heterocycles. The normalized spacial score (nSPS) is 9.87. The van der Waals surface area contributed by atoms with Gasteiger partial charge in [-0.15, -0.1) is 0 Å². The largest absolute Gasteiger partial charge is 0.476 e. The van der Waals surface area contributed by atoms with Crippen LogP contribution in [0.5, 0.6) is 0 Å². The number of rotatable bonds is 2. The van der Waals surface area contributed by atoms with Crippen LogP contribution < -0.4 is 0 Å². The minimum absolute atomic E-state index is 0.00676. The smallest absolute Gasteiger partial charge is 0.355 e. The maximum atomic E-state index is 10.9. The van der Waals surface area contributed by atoms with E-state index >= 15 is 0 Å². The van der Waals surface area contributed by atoms with Crippen LogP contribution in [0.25, 0.3) is 11.1 Å². The van der Waals surface area contributed by atoms with Crippen LogP contribution in [-0.2, 0) is 0 Å². The zero-order chi connectivity index (χ0) is 10.7. The Morgan fingerprint density at radius 2 is 2.00 bits per heavy atom. The number of aromatic carboxylic acids is 1. The summed E-state index contributed by atoms with van der Waals surface area (Å²) in [7, 11) is 0. The molecule has 0 aromatic carbocycles. The van der Waals surface area contributed by atoms with Crippen LogP contribution in [0.3, 0.4) is 0 Å². The molecule has 0 aliphatic rings. The van der Waals surface area contributed by atoms with Crippen LogP contribution in [0.2, 0.25) is 0 Å². The number of hydrogen-bond acceptors (Lipinski definition) is 4. The average Bonchev–Trinajstić information content (AvgIpc) is 2.30. The lowest BCUT2D eigenvalue weighted by atomic mass is 10.1. The number of aromatic nitrogens is 3. The van der Waals surface area contributed by atoms with Crippen LogP contribution in [0.15, 0.2) is 37.1 Å². The molecular weight excluding hydrogens is 194 g/mol. The van der Waals surface area contributed by atoms with Gasteiger partial charge in [0.15, 0.2) is 5.69 Å². The summed E-state index contributed by atoms with van der Waals surface area (Å²) in [5.41, 5.74) is 1.17. The first-order chi connectivity index (χ1) is 7.29. The number of nitrogens with zero attached hydrogens (tertiary/aromatic N) is 3. The summed E-state index contributed by atoms with van der Waals surface area (Å²) in [6.45, 7) is 0. The standard InChI is InChI=1S/C10H7N3O2/c14-10(15)9-8(2-1-3-13-9)7-4-11-6-12-5-7/h1-6H,(H,14,15). The van der Waals surface area contributed by atoms with E-state index < -0.39 is 5.97 Å². The third-order valence-electron chi connectivity index (χ3n) is 1.88. The molecule has 15 heavy (non-hydrogen) atoms. The molecule has 0 aliphatic heterocycles. The maximum absolute atomic E-state index is 10.9. The van der Waals surface area contributed by atoms with E-state index in [1.54, 1.807) is 24.5 Å². The van der Waals surface area contributed by atoms with Crippen molar-refractivity contribution in [2.75, 3.05) is 0 Å². The zero-order valence-electron chi connectivity index (χ0n) is 7.66. The van der Waals surface area contributed by atoms with Crippen molar-refractivity contribution in [3.8, 4) is 11.1 Å². The molecule has 5 heteroatoms. The quantitative estimate of drug-likeness (QED) is 0.790. The first-order valence-electron chi connectivity index (χ1n) is 4.23. The second kappa shape index (κ2) is 3.83. The molecular formula is C10H7N3O2. The fraction of sp³-hybridized carbons (Fsp3) is 0. The molecule has 0 fully saturated rings. The predicted octanol–water partition coefficient (Wildman–Crippen LogP) is 1.24. The molecule has 0 unspecified atom stereocenters. The molecule has 0 amide bonds. The Labute approximate surface area is 85.5 Å². The van der Waals surface area contributed by atoms with Gasteiger partial charge in [0.2, 0.25) is 0 Å². The van der Waals surface area contributed by atoms with Crippen molar-refractivity contribution < 1.29 is 9.90 Å². The minimum Gasteiger partial charge on any atom is -0.476 e. The highest BCUT2D eigenvalue weighted by Crippen LogP contribution is 2.19. The highest BCUT2D eigenvalue weighted by molar-refractivity contribution is 5.93. The Morgan fingerprint density at radius 3 is 2.67 bits per heavy atom. The molecule has 74 valence electrons. The fourth-order valence-corrected chi connectivity index (χ4v) is 1.25. The van der Waals surface area contributed by atoms with Crippen molar-refractivity contribution in [2.24, 2.45) is 0 Å². The van der Waals surface area contributed by atoms with Crippen molar-refractivity contribution in [1.29, 1.82) is 0 Å². The molecule has 0 spiro atoms. The van der Waals surface area contributed by atoms with Gasteiger partial charge in [0.25, 0.3) is 0 Å². The first-order valence-corrected chi connectivity index (χ1v) is 4.23. The van der Waals surface area contributed by atoms with Gasteiger partial charge in [0.05, 0.1) is 0 Å². The predicted molar refractivity (Wildman–Crippen MR) is 52.2 cm³/mol. The van der Waals surface area contributed by atoms with Crippen LogP contribution in [0.4, 0.5) is 0 Å². The van der Waals surface area contributed by atoms with Crippen molar-refractivity contribution >= 4 is 5.97 Å². The van der Waals surface area contributed by atoms with Gasteiger partial charge >= 0.3 is 5.97 Å². The van der Waals surface area contributed by atoms with Gasteiger partial charge in [-0.25, -0.2) is 19.7 Å². The van der Waals surface area contributed by atoms with E-state index in [9.17, 15) is 4.79 Å². The van der Waals surface area contributed by atoms with Gasteiger partial charge in [-0.05, 0) is 6.07 Å². The number of carboxylic acid groups (broad SMARTS) is 1. The van der Waals surface area contributed by atoms with Crippen LogP contribution >= 0.6 is 0 Å². The summed E-state index contributed by atoms with van der Waals surface area (Å²) in [6.07, 6.45) is 5.93. The first kappa shape index (κ1) is 9.26. The van der Waals surface area contributed by atoms with Gasteiger partial charge in [0.1, 0.15) is 6.33 Å². The Hall–Kier alpha value is -2.30. The fourth-order valence-electron chi connectivity index (χ4n) is 1.25. The van der Waals surface area contributed by atoms with E-state index in [1.807, 2.05) is 0 Å². The second-order valence-electron chi connectivity index (χ2n) is 2.83. The molecule has 0 saturated carbocycles. The molecule has 2 aromatic heterocycles. The summed E-state index contributed by atoms with van der Waals surface area (Å²) in [5, 5.41) is 8.92. The van der Waals surface area contributed by atoms with Crippen molar-refractivity contribution in [3.05, 3.63) is 42.7 Å². The van der Waals surface area contributed by atoms with Gasteiger partial charge in [0, 0.05) is 29.7 Å². The Kier molecular flexibility index (Phi) is 2.37. The summed E-state index contributed by atoms with van der Waals surface area (Å²) in [5.74, 6) is -1.06. The number of carboxylic acids is 1. The lowest BCUT2D eigenvalue weighted by Gasteiger charge is -2.02. The maximum Gasteiger partial charge on any atom is 0.355 e. The number of hydrogen-bond donors (Lipinski definition) is 1. The van der Waals surface area contributed by atoms with Crippen LogP contribution in [0, 0.1) is 0 Å². The van der Waals surface area contributed by atoms with E-state index in [0.29, 0.717) is 11.1 Å². The number of carbonyl (C=O) groups is 1. The zero-order valence-corrected chi connectivity index (χ0v) is 7.66. The highest BCUT2D eigenvalue weighted by atomic mass is 16.4. The summed E-state index contributed by atoms with van der Waals surface area (Å²) in [4.78, 5) is 22.4. The average molecular weight is 201 g/mol. The molecule has 1 N–H and O–H groups in total. The molecule has 0 aliphatic carbocycles. The van der Waals surface area contributed by atoms with Crippen molar-refractivity contribution in [2.45, 2.75) is 0 Å². The molecule has 0 radical (unpaired) electrons. The van der Waals surface area contributed by atoms with E-state index in [-0.39, 0.29) is 5.69 Å². The molecule has 0 saturated heterocycles. The summed E-state index contributed by atoms with van der Waals surface area (Å²) in [6, 6.07) is 3.35. The molecule has 0 atom stereocenters. The Balaban J connectivity index is 2.58. The Bertz CT molecular complexity index is 485. The monoisotopic (exact) mass is 201 g/mol. The molecule has 2 aromatic rings. The summed E-state index contributed by atoms with van der Waals surface area (Å²) < 4.78 is 0. The highest BCUT2D eigenvalue weighted by Gasteiger charge is 2.12. The minimum atomic E-state index is -1.06. The van der Waals surface area contributed by atoms with Gasteiger partial charge in [-0.1, -0.05) is 6.07 Å². The third kappa shape index (κ3) is 1.80. The summed E-state index contributed by atoms with van der Waals surface area (Å²) >= 11 is 0. The van der Waals surface area contributed by atoms with Crippen LogP contribution in [-0.4, -0.2) is 26.0 Å². The number of pyridine rings is 1. The second-order valence-corrected chi connectivity index (χ2v) is 2.83. The molecule has 5 nitrogen and oxygen atoms in total. The molecule has 0 bridgehead atoms. The van der Waals surface area contributed by atoms with Crippen LogP contribution in [0.1, 0.15) is 10.5 Å². The lowest BCUT2D eigenvalue weighted by molar-refractivity contribution is 0.0691. The molecule has 2 rings (SSSR count). The van der Waals surface area contributed by atoms with E-state index in [2.05, 4.69) is 15.0 Å². The third-order valence-corrected chi connectivity index (χ3v) is 1.88. The van der Waals surface area contributed by atoms with Gasteiger partial charge in [-0.2, -0.15) is 0 Å². The topological polar surface area (TPSA) is 76.0 Å². The van der Waals surface area contributed by atoms with E-state index in [1.165, 1.54) is 12.5 Å². The SMILES string of the molecule is O=C(O)c1ncccc1-c1cncnc1. The van der Waals surface area contributed by atoms with Gasteiger partial charge in [-0.3, -0.25) is 0 Å². The lowest BCUT2D eigenvalue weighted by Crippen LogP contribution is -2.02. The van der Waals surface area contributed by atoms with E-state index in [4.69, 9.17) is 5.11 Å². The van der Waals surface area contributed by atoms with Crippen molar-refractivity contribution in [1.82, 2.24) is 15.0 Å². The Morgan fingerprint density at radius 1 is 1.27 bits per heavy atom.